The van der Waals surface area contributed by atoms with Gasteiger partial charge in [-0.1, -0.05) is 12.1 Å². The Morgan fingerprint density at radius 1 is 0.543 bits per heavy atom. The third-order valence-electron chi connectivity index (χ3n) is 8.83. The van der Waals surface area contributed by atoms with Gasteiger partial charge in [0.1, 0.15) is 11.2 Å². The average Bonchev–Trinajstić information content (AvgIpc) is 3.06. The molecule has 0 N–H and O–H groups in total. The second-order valence-electron chi connectivity index (χ2n) is 11.3. The molecule has 0 fully saturated rings. The van der Waals surface area contributed by atoms with Crippen molar-refractivity contribution in [2.24, 2.45) is 0 Å². The number of fused-ring (bicyclic) bond motifs is 2. The molecule has 0 spiro atoms. The number of aromatic nitrogens is 2. The van der Waals surface area contributed by atoms with Crippen molar-refractivity contribution in [3.05, 3.63) is 105 Å². The topological polar surface area (TPSA) is 92.7 Å². The Hall–Kier alpha value is -5.24. The molecule has 0 aliphatic carbocycles. The summed E-state index contributed by atoms with van der Waals surface area (Å²) in [6.45, 7) is 15.7. The van der Waals surface area contributed by atoms with Crippen LogP contribution >= 0.6 is 0 Å². The monoisotopic (exact) mass is 614 g/mol. The lowest BCUT2D eigenvalue weighted by molar-refractivity contribution is 0.561. The van der Waals surface area contributed by atoms with Crippen LogP contribution in [0, 0.1) is 13.8 Å². The van der Waals surface area contributed by atoms with E-state index in [4.69, 9.17) is 18.8 Å². The molecule has 0 bridgehead atoms. The summed E-state index contributed by atoms with van der Waals surface area (Å²) in [5.74, 6) is 0. The maximum atomic E-state index is 13.4. The van der Waals surface area contributed by atoms with Gasteiger partial charge in [0.25, 0.3) is 0 Å². The van der Waals surface area contributed by atoms with Gasteiger partial charge in [-0.05, 0) is 101 Å². The van der Waals surface area contributed by atoms with Gasteiger partial charge in [-0.15, -0.1) is 0 Å². The Morgan fingerprint density at radius 3 is 1.28 bits per heavy atom. The van der Waals surface area contributed by atoms with Gasteiger partial charge in [0.15, 0.2) is 0 Å². The fourth-order valence-electron chi connectivity index (χ4n) is 6.29. The van der Waals surface area contributed by atoms with Gasteiger partial charge < -0.3 is 18.6 Å². The van der Waals surface area contributed by atoms with Crippen LogP contribution < -0.4 is 21.1 Å². The van der Waals surface area contributed by atoms with Crippen LogP contribution in [0.1, 0.15) is 38.8 Å². The molecule has 0 saturated carbocycles. The van der Waals surface area contributed by atoms with Crippen LogP contribution in [-0.4, -0.2) is 36.1 Å². The lowest BCUT2D eigenvalue weighted by Gasteiger charge is -2.21. The SMILES string of the molecule is CCN(CC)c1ccc2c(C)c(-c3cccc(-c4cccc(-c5c(C)c6ccc(N(CC)CC)cc6oc5=O)n4)n3)c(=O)oc2c1. The third-order valence-corrected chi connectivity index (χ3v) is 8.83. The van der Waals surface area contributed by atoms with Crippen LogP contribution in [0.15, 0.2) is 91.2 Å². The molecule has 0 atom stereocenters. The van der Waals surface area contributed by atoms with Gasteiger partial charge >= 0.3 is 11.3 Å². The second kappa shape index (κ2) is 12.6. The first-order valence-corrected chi connectivity index (χ1v) is 15.9. The number of pyridine rings is 2. The van der Waals surface area contributed by atoms with Crippen LogP contribution in [0.2, 0.25) is 0 Å². The summed E-state index contributed by atoms with van der Waals surface area (Å²) in [7, 11) is 0. The summed E-state index contributed by atoms with van der Waals surface area (Å²) < 4.78 is 11.7. The Bertz CT molecular complexity index is 2040. The predicted molar refractivity (Wildman–Crippen MR) is 187 cm³/mol. The highest BCUT2D eigenvalue weighted by molar-refractivity contribution is 5.89. The maximum absolute atomic E-state index is 13.4. The van der Waals surface area contributed by atoms with Crippen LogP contribution in [0.5, 0.6) is 0 Å². The van der Waals surface area contributed by atoms with Crippen molar-refractivity contribution < 1.29 is 8.83 Å². The van der Waals surface area contributed by atoms with Crippen LogP contribution in [0.4, 0.5) is 11.4 Å². The number of rotatable bonds is 9. The van der Waals surface area contributed by atoms with Crippen molar-refractivity contribution in [2.75, 3.05) is 36.0 Å². The summed E-state index contributed by atoms with van der Waals surface area (Å²) in [5.41, 5.74) is 6.81. The average molecular weight is 615 g/mol. The first-order valence-electron chi connectivity index (χ1n) is 15.9. The van der Waals surface area contributed by atoms with Crippen molar-refractivity contribution in [3.63, 3.8) is 0 Å². The zero-order valence-electron chi connectivity index (χ0n) is 27.2. The summed E-state index contributed by atoms with van der Waals surface area (Å²) in [5, 5.41) is 1.72. The molecular weight excluding hydrogens is 576 g/mol. The van der Waals surface area contributed by atoms with Crippen LogP contribution in [0.3, 0.4) is 0 Å². The number of hydrogen-bond donors (Lipinski definition) is 0. The van der Waals surface area contributed by atoms with E-state index >= 15 is 0 Å². The van der Waals surface area contributed by atoms with E-state index in [1.807, 2.05) is 62.4 Å². The zero-order chi connectivity index (χ0) is 32.5. The highest BCUT2D eigenvalue weighted by Gasteiger charge is 2.19. The van der Waals surface area contributed by atoms with Gasteiger partial charge in [-0.3, -0.25) is 0 Å². The zero-order valence-corrected chi connectivity index (χ0v) is 27.2. The molecule has 0 amide bonds. The summed E-state index contributed by atoms with van der Waals surface area (Å²) >= 11 is 0. The quantitative estimate of drug-likeness (QED) is 0.151. The lowest BCUT2D eigenvalue weighted by atomic mass is 10.0. The molecule has 0 aliphatic rings. The minimum Gasteiger partial charge on any atom is -0.422 e. The highest BCUT2D eigenvalue weighted by Crippen LogP contribution is 2.32. The van der Waals surface area contributed by atoms with E-state index < -0.39 is 11.3 Å². The van der Waals surface area contributed by atoms with E-state index in [9.17, 15) is 9.59 Å². The molecule has 6 aromatic rings. The van der Waals surface area contributed by atoms with Crippen molar-refractivity contribution >= 4 is 33.3 Å². The number of hydrogen-bond acceptors (Lipinski definition) is 8. The Labute approximate surface area is 268 Å². The molecule has 4 aromatic heterocycles. The van der Waals surface area contributed by atoms with Crippen LogP contribution in [-0.2, 0) is 0 Å². The Kier molecular flexibility index (Phi) is 8.45. The maximum Gasteiger partial charge on any atom is 0.346 e. The lowest BCUT2D eigenvalue weighted by Crippen LogP contribution is -2.21. The third kappa shape index (κ3) is 5.44. The number of nitrogens with zero attached hydrogens (tertiary/aromatic N) is 4. The van der Waals surface area contributed by atoms with Gasteiger partial charge in [-0.2, -0.15) is 0 Å². The van der Waals surface area contributed by atoms with Crippen LogP contribution in [0.25, 0.3) is 55.8 Å². The first kappa shape index (κ1) is 30.8. The number of anilines is 2. The standard InChI is InChI=1S/C38H38N4O4/c1-7-41(8-2)25-17-19-27-23(5)35(37(43)45-33(27)21-25)31-15-11-13-29(39-31)30-14-12-16-32(40-30)36-24(6)28-20-18-26(42(9-3)10-4)22-34(28)46-38(36)44/h11-22H,7-10H2,1-6H3. The van der Waals surface area contributed by atoms with Gasteiger partial charge in [0.2, 0.25) is 0 Å². The minimum absolute atomic E-state index is 0.413. The number of aryl methyl sites for hydroxylation is 2. The summed E-state index contributed by atoms with van der Waals surface area (Å²) in [4.78, 5) is 40.8. The minimum atomic E-state index is -0.443. The van der Waals surface area contributed by atoms with E-state index in [1.54, 1.807) is 12.1 Å². The van der Waals surface area contributed by atoms with Crippen molar-refractivity contribution in [2.45, 2.75) is 41.5 Å². The smallest absolute Gasteiger partial charge is 0.346 e. The van der Waals surface area contributed by atoms with E-state index in [1.165, 1.54) is 0 Å². The Balaban J connectivity index is 1.40. The van der Waals surface area contributed by atoms with Crippen molar-refractivity contribution in [1.82, 2.24) is 9.97 Å². The number of benzene rings is 2. The molecule has 0 radical (unpaired) electrons. The second-order valence-corrected chi connectivity index (χ2v) is 11.3. The van der Waals surface area contributed by atoms with Crippen molar-refractivity contribution in [3.8, 4) is 33.9 Å². The molecule has 8 nitrogen and oxygen atoms in total. The van der Waals surface area contributed by atoms with E-state index in [0.29, 0.717) is 45.1 Å². The summed E-state index contributed by atoms with van der Waals surface area (Å²) in [6, 6.07) is 23.0. The molecule has 46 heavy (non-hydrogen) atoms. The largest absolute Gasteiger partial charge is 0.422 e. The summed E-state index contributed by atoms with van der Waals surface area (Å²) in [6.07, 6.45) is 0. The van der Waals surface area contributed by atoms with E-state index in [-0.39, 0.29) is 0 Å². The molecule has 0 saturated heterocycles. The molecule has 234 valence electrons. The van der Waals surface area contributed by atoms with E-state index in [2.05, 4.69) is 49.6 Å². The highest BCUT2D eigenvalue weighted by atomic mass is 16.4. The molecule has 0 aliphatic heterocycles. The van der Waals surface area contributed by atoms with Crippen molar-refractivity contribution in [1.29, 1.82) is 0 Å². The van der Waals surface area contributed by atoms with Gasteiger partial charge in [0, 0.05) is 60.5 Å². The normalized spacial score (nSPS) is 11.3. The molecule has 0 unspecified atom stereocenters. The molecule has 4 heterocycles. The van der Waals surface area contributed by atoms with Gasteiger partial charge in [-0.25, -0.2) is 19.6 Å². The fraction of sp³-hybridized carbons (Fsp3) is 0.263. The van der Waals surface area contributed by atoms with Gasteiger partial charge in [0.05, 0.1) is 33.9 Å². The Morgan fingerprint density at radius 2 is 0.913 bits per heavy atom. The molecule has 2 aromatic carbocycles. The van der Waals surface area contributed by atoms with E-state index in [0.717, 1.165) is 59.5 Å². The molecule has 6 rings (SSSR count). The fourth-order valence-corrected chi connectivity index (χ4v) is 6.29. The molecule has 8 heteroatoms. The molecular formula is C38H38N4O4. The predicted octanol–water partition coefficient (Wildman–Crippen LogP) is 8.00. The first-order chi connectivity index (χ1) is 22.3.